The van der Waals surface area contributed by atoms with Crippen LogP contribution in [0, 0.1) is 20.8 Å². The molecule has 0 bridgehead atoms. The molecular formula is C22H30N2. The van der Waals surface area contributed by atoms with E-state index in [4.69, 9.17) is 10.7 Å². The van der Waals surface area contributed by atoms with E-state index >= 15 is 0 Å². The molecule has 0 amide bonds. The lowest BCUT2D eigenvalue weighted by molar-refractivity contribution is 0.775. The standard InChI is InChI=1S/C22H30N2/c1-8-20(10-9-19(7)23)13-22(15(2)3)24-14-21-12-17(5)16(4)11-18(21)6/h8-12,14,22H,1-2,13,23H2,3-7H3/b19-9-,20-10+,24-14?. The molecule has 0 aliphatic carbocycles. The van der Waals surface area contributed by atoms with Gasteiger partial charge in [-0.05, 0) is 81.0 Å². The van der Waals surface area contributed by atoms with Crippen LogP contribution in [-0.2, 0) is 0 Å². The Morgan fingerprint density at radius 3 is 2.29 bits per heavy atom. The van der Waals surface area contributed by atoms with Gasteiger partial charge in [-0.25, -0.2) is 0 Å². The van der Waals surface area contributed by atoms with E-state index in [-0.39, 0.29) is 6.04 Å². The average Bonchev–Trinajstić information content (AvgIpc) is 2.50. The monoisotopic (exact) mass is 322 g/mol. The maximum absolute atomic E-state index is 5.70. The third-order valence-corrected chi connectivity index (χ3v) is 4.10. The molecule has 2 N–H and O–H groups in total. The molecule has 0 radical (unpaired) electrons. The molecule has 1 unspecified atom stereocenters. The van der Waals surface area contributed by atoms with E-state index in [0.29, 0.717) is 0 Å². The summed E-state index contributed by atoms with van der Waals surface area (Å²) in [5, 5.41) is 0. The molecule has 0 saturated carbocycles. The number of nitrogens with two attached hydrogens (primary N) is 1. The molecule has 0 aromatic heterocycles. The maximum atomic E-state index is 5.70. The summed E-state index contributed by atoms with van der Waals surface area (Å²) in [6.45, 7) is 18.2. The second kappa shape index (κ2) is 9.07. The van der Waals surface area contributed by atoms with E-state index < -0.39 is 0 Å². The summed E-state index contributed by atoms with van der Waals surface area (Å²) in [6.07, 6.45) is 8.47. The van der Waals surface area contributed by atoms with E-state index in [0.717, 1.165) is 28.8 Å². The molecule has 0 aliphatic rings. The Morgan fingerprint density at radius 2 is 1.75 bits per heavy atom. The maximum Gasteiger partial charge on any atom is 0.0744 e. The second-order valence-corrected chi connectivity index (χ2v) is 6.49. The molecule has 0 heterocycles. The van der Waals surface area contributed by atoms with Gasteiger partial charge in [-0.15, -0.1) is 0 Å². The molecule has 0 saturated heterocycles. The van der Waals surface area contributed by atoms with Gasteiger partial charge in [0, 0.05) is 11.9 Å². The van der Waals surface area contributed by atoms with Crippen molar-refractivity contribution in [2.75, 3.05) is 0 Å². The Balaban J connectivity index is 3.04. The van der Waals surface area contributed by atoms with Crippen LogP contribution in [0.5, 0.6) is 0 Å². The number of hydrogen-bond acceptors (Lipinski definition) is 2. The summed E-state index contributed by atoms with van der Waals surface area (Å²) >= 11 is 0. The summed E-state index contributed by atoms with van der Waals surface area (Å²) in [5.74, 6) is 0. The van der Waals surface area contributed by atoms with E-state index in [2.05, 4.69) is 46.1 Å². The molecule has 0 spiro atoms. The third kappa shape index (κ3) is 6.04. The zero-order valence-corrected chi connectivity index (χ0v) is 15.7. The van der Waals surface area contributed by atoms with Gasteiger partial charge in [-0.1, -0.05) is 36.9 Å². The topological polar surface area (TPSA) is 38.4 Å². The number of rotatable bonds is 7. The van der Waals surface area contributed by atoms with Gasteiger partial charge in [-0.2, -0.15) is 0 Å². The van der Waals surface area contributed by atoms with Gasteiger partial charge < -0.3 is 5.73 Å². The van der Waals surface area contributed by atoms with Crippen molar-refractivity contribution in [2.24, 2.45) is 10.7 Å². The number of aliphatic imine (C=N–C) groups is 1. The number of hydrogen-bond donors (Lipinski definition) is 1. The van der Waals surface area contributed by atoms with E-state index in [1.54, 1.807) is 0 Å². The predicted molar refractivity (Wildman–Crippen MR) is 108 cm³/mol. The fourth-order valence-corrected chi connectivity index (χ4v) is 2.33. The Bertz CT molecular complexity index is 699. The van der Waals surface area contributed by atoms with Crippen molar-refractivity contribution in [2.45, 2.75) is 47.1 Å². The van der Waals surface area contributed by atoms with Gasteiger partial charge in [0.25, 0.3) is 0 Å². The van der Waals surface area contributed by atoms with Gasteiger partial charge in [0.1, 0.15) is 0 Å². The van der Waals surface area contributed by atoms with Crippen LogP contribution in [0.15, 0.2) is 65.4 Å². The molecule has 128 valence electrons. The van der Waals surface area contributed by atoms with Gasteiger partial charge in [0.2, 0.25) is 0 Å². The summed E-state index contributed by atoms with van der Waals surface area (Å²) < 4.78 is 0. The quantitative estimate of drug-likeness (QED) is 0.411. The minimum Gasteiger partial charge on any atom is -0.402 e. The van der Waals surface area contributed by atoms with Crippen molar-refractivity contribution >= 4 is 6.21 Å². The molecule has 0 fully saturated rings. The first-order chi connectivity index (χ1) is 11.2. The van der Waals surface area contributed by atoms with Crippen molar-refractivity contribution in [3.63, 3.8) is 0 Å². The van der Waals surface area contributed by atoms with Crippen molar-refractivity contribution in [3.8, 4) is 0 Å². The number of benzene rings is 1. The second-order valence-electron chi connectivity index (χ2n) is 6.49. The summed E-state index contributed by atoms with van der Waals surface area (Å²) in [4.78, 5) is 4.77. The van der Waals surface area contributed by atoms with Crippen LogP contribution in [0.1, 0.15) is 42.5 Å². The van der Waals surface area contributed by atoms with E-state index in [1.807, 2.05) is 38.3 Å². The highest BCUT2D eigenvalue weighted by atomic mass is 14.8. The van der Waals surface area contributed by atoms with Crippen LogP contribution in [-0.4, -0.2) is 12.3 Å². The van der Waals surface area contributed by atoms with Crippen LogP contribution in [0.4, 0.5) is 0 Å². The lowest BCUT2D eigenvalue weighted by atomic mass is 9.99. The lowest BCUT2D eigenvalue weighted by Crippen LogP contribution is -2.07. The van der Waals surface area contributed by atoms with E-state index in [9.17, 15) is 0 Å². The highest BCUT2D eigenvalue weighted by molar-refractivity contribution is 5.82. The van der Waals surface area contributed by atoms with Crippen LogP contribution in [0.3, 0.4) is 0 Å². The van der Waals surface area contributed by atoms with Gasteiger partial charge in [0.05, 0.1) is 6.04 Å². The summed E-state index contributed by atoms with van der Waals surface area (Å²) in [5.41, 5.74) is 13.6. The Labute approximate surface area is 147 Å². The zero-order chi connectivity index (χ0) is 18.3. The van der Waals surface area contributed by atoms with Crippen LogP contribution in [0.2, 0.25) is 0 Å². The minimum atomic E-state index is 0.0294. The first kappa shape index (κ1) is 19.7. The number of allylic oxidation sites excluding steroid dienone is 4. The third-order valence-electron chi connectivity index (χ3n) is 4.10. The first-order valence-electron chi connectivity index (χ1n) is 8.26. The number of nitrogens with zero attached hydrogens (tertiary/aromatic N) is 1. The Hall–Kier alpha value is -2.35. The highest BCUT2D eigenvalue weighted by Crippen LogP contribution is 2.18. The molecule has 2 heteroatoms. The van der Waals surface area contributed by atoms with Crippen LogP contribution in [0.25, 0.3) is 0 Å². The zero-order valence-electron chi connectivity index (χ0n) is 15.7. The van der Waals surface area contributed by atoms with Crippen molar-refractivity contribution in [1.29, 1.82) is 0 Å². The largest absolute Gasteiger partial charge is 0.402 e. The molecule has 0 aliphatic heterocycles. The molecular weight excluding hydrogens is 292 g/mol. The number of aryl methyl sites for hydroxylation is 3. The first-order valence-corrected chi connectivity index (χ1v) is 8.26. The van der Waals surface area contributed by atoms with Gasteiger partial charge in [-0.3, -0.25) is 4.99 Å². The lowest BCUT2D eigenvalue weighted by Gasteiger charge is -2.13. The highest BCUT2D eigenvalue weighted by Gasteiger charge is 2.09. The van der Waals surface area contributed by atoms with Crippen molar-refractivity contribution < 1.29 is 0 Å². The summed E-state index contributed by atoms with van der Waals surface area (Å²) in [6, 6.07) is 4.42. The minimum absolute atomic E-state index is 0.0294. The predicted octanol–water partition coefficient (Wildman–Crippen LogP) is 5.34. The van der Waals surface area contributed by atoms with Gasteiger partial charge in [0.15, 0.2) is 0 Å². The van der Waals surface area contributed by atoms with Crippen molar-refractivity contribution in [3.05, 3.63) is 82.6 Å². The van der Waals surface area contributed by atoms with E-state index in [1.165, 1.54) is 16.7 Å². The smallest absolute Gasteiger partial charge is 0.0744 e. The average molecular weight is 322 g/mol. The molecule has 1 atom stereocenters. The molecule has 1 rings (SSSR count). The van der Waals surface area contributed by atoms with Gasteiger partial charge >= 0.3 is 0 Å². The van der Waals surface area contributed by atoms with Crippen LogP contribution >= 0.6 is 0 Å². The SMILES string of the molecule is C=C/C(=C\C=C(\C)N)CC(N=Cc1cc(C)c(C)cc1C)C(=C)C. The molecule has 1 aromatic rings. The Kier molecular flexibility index (Phi) is 7.44. The molecule has 1 aromatic carbocycles. The summed E-state index contributed by atoms with van der Waals surface area (Å²) in [7, 11) is 0. The fraction of sp³-hybridized carbons (Fsp3) is 0.318. The fourth-order valence-electron chi connectivity index (χ4n) is 2.33. The van der Waals surface area contributed by atoms with Crippen molar-refractivity contribution in [1.82, 2.24) is 0 Å². The Morgan fingerprint density at radius 1 is 1.12 bits per heavy atom. The molecule has 2 nitrogen and oxygen atoms in total. The molecule has 24 heavy (non-hydrogen) atoms. The van der Waals surface area contributed by atoms with Crippen LogP contribution < -0.4 is 5.73 Å². The normalized spacial score (nSPS) is 14.0.